The van der Waals surface area contributed by atoms with Crippen LogP contribution in [0.1, 0.15) is 5.76 Å². The third-order valence-corrected chi connectivity index (χ3v) is 2.12. The summed E-state index contributed by atoms with van der Waals surface area (Å²) in [6, 6.07) is 9.90. The van der Waals surface area contributed by atoms with E-state index in [4.69, 9.17) is 9.52 Å². The fourth-order valence-electron chi connectivity index (χ4n) is 1.44. The molecular weight excluding hydrogens is 208 g/mol. The molecule has 0 amide bonds. The Labute approximate surface area is 91.8 Å². The van der Waals surface area contributed by atoms with Crippen molar-refractivity contribution in [1.82, 2.24) is 0 Å². The summed E-state index contributed by atoms with van der Waals surface area (Å²) in [7, 11) is 0. The molecule has 0 aliphatic carbocycles. The normalized spacial score (nSPS) is 10.2. The lowest BCUT2D eigenvalue weighted by Gasteiger charge is -1.97. The summed E-state index contributed by atoms with van der Waals surface area (Å²) in [6.07, 6.45) is -0.140. The average molecular weight is 218 g/mol. The largest absolute Gasteiger partial charge is 0.508 e. The van der Waals surface area contributed by atoms with Gasteiger partial charge in [-0.25, -0.2) is 0 Å². The molecule has 1 aromatic carbocycles. The zero-order valence-electron chi connectivity index (χ0n) is 8.38. The average Bonchev–Trinajstić information content (AvgIpc) is 2.65. The molecular formula is C12H10O4. The van der Waals surface area contributed by atoms with Gasteiger partial charge in [0.05, 0.1) is 0 Å². The smallest absolute Gasteiger partial charge is 0.311 e. The molecule has 0 aliphatic heterocycles. The van der Waals surface area contributed by atoms with Crippen LogP contribution in [0.2, 0.25) is 0 Å². The number of phenols is 1. The van der Waals surface area contributed by atoms with E-state index in [9.17, 15) is 9.90 Å². The lowest BCUT2D eigenvalue weighted by Crippen LogP contribution is -1.97. The molecule has 0 radical (unpaired) electrons. The molecule has 1 heterocycles. The fraction of sp³-hybridized carbons (Fsp3) is 0.0833. The second kappa shape index (κ2) is 4.10. The molecule has 4 nitrogen and oxygen atoms in total. The van der Waals surface area contributed by atoms with E-state index in [0.717, 1.165) is 5.56 Å². The maximum atomic E-state index is 10.5. The molecule has 0 bridgehead atoms. The van der Waals surface area contributed by atoms with Gasteiger partial charge in [-0.3, -0.25) is 4.79 Å². The number of aromatic hydroxyl groups is 1. The van der Waals surface area contributed by atoms with Crippen molar-refractivity contribution in [2.75, 3.05) is 0 Å². The van der Waals surface area contributed by atoms with Crippen LogP contribution in [-0.4, -0.2) is 16.2 Å². The summed E-state index contributed by atoms with van der Waals surface area (Å²) in [5.41, 5.74) is 0.719. The SMILES string of the molecule is O=C(O)Cc1ccc(-c2cccc(O)c2)o1. The van der Waals surface area contributed by atoms with E-state index in [2.05, 4.69) is 0 Å². The van der Waals surface area contributed by atoms with Gasteiger partial charge in [-0.2, -0.15) is 0 Å². The summed E-state index contributed by atoms with van der Waals surface area (Å²) in [4.78, 5) is 10.5. The maximum absolute atomic E-state index is 10.5. The van der Waals surface area contributed by atoms with Crippen molar-refractivity contribution in [2.24, 2.45) is 0 Å². The van der Waals surface area contributed by atoms with Crippen molar-refractivity contribution >= 4 is 5.97 Å². The number of benzene rings is 1. The molecule has 0 spiro atoms. The Balaban J connectivity index is 2.28. The molecule has 2 N–H and O–H groups in total. The number of phenolic OH excluding ortho intramolecular Hbond substituents is 1. The van der Waals surface area contributed by atoms with Gasteiger partial charge in [0.2, 0.25) is 0 Å². The van der Waals surface area contributed by atoms with Crippen molar-refractivity contribution in [3.8, 4) is 17.1 Å². The highest BCUT2D eigenvalue weighted by atomic mass is 16.4. The Bertz CT molecular complexity index is 513. The summed E-state index contributed by atoms with van der Waals surface area (Å²) in [6.45, 7) is 0. The molecule has 2 aromatic rings. The second-order valence-electron chi connectivity index (χ2n) is 3.39. The predicted molar refractivity (Wildman–Crippen MR) is 57.1 cm³/mol. The van der Waals surface area contributed by atoms with E-state index >= 15 is 0 Å². The predicted octanol–water partition coefficient (Wildman–Crippen LogP) is 2.28. The molecule has 0 fully saturated rings. The summed E-state index contributed by atoms with van der Waals surface area (Å²) in [5.74, 6) is 0.156. The van der Waals surface area contributed by atoms with Gasteiger partial charge in [0, 0.05) is 5.56 Å². The van der Waals surface area contributed by atoms with Crippen molar-refractivity contribution in [2.45, 2.75) is 6.42 Å². The van der Waals surface area contributed by atoms with Crippen LogP contribution in [0.25, 0.3) is 11.3 Å². The molecule has 2 rings (SSSR count). The topological polar surface area (TPSA) is 70.7 Å². The molecule has 82 valence electrons. The van der Waals surface area contributed by atoms with Gasteiger partial charge in [0.1, 0.15) is 23.7 Å². The molecule has 0 aliphatic rings. The second-order valence-corrected chi connectivity index (χ2v) is 3.39. The monoisotopic (exact) mass is 218 g/mol. The van der Waals surface area contributed by atoms with Crippen LogP contribution in [0, 0.1) is 0 Å². The molecule has 1 aromatic heterocycles. The fourth-order valence-corrected chi connectivity index (χ4v) is 1.44. The Kier molecular flexibility index (Phi) is 2.64. The van der Waals surface area contributed by atoms with Gasteiger partial charge in [-0.05, 0) is 24.3 Å². The van der Waals surface area contributed by atoms with E-state index in [1.807, 2.05) is 0 Å². The molecule has 0 atom stereocenters. The van der Waals surface area contributed by atoms with Crippen LogP contribution in [-0.2, 0) is 11.2 Å². The lowest BCUT2D eigenvalue weighted by atomic mass is 10.2. The van der Waals surface area contributed by atoms with Gasteiger partial charge in [-0.1, -0.05) is 12.1 Å². The number of carboxylic acids is 1. The third kappa shape index (κ3) is 2.23. The highest BCUT2D eigenvalue weighted by molar-refractivity contribution is 5.70. The number of hydrogen-bond acceptors (Lipinski definition) is 3. The molecule has 4 heteroatoms. The molecule has 0 saturated carbocycles. The quantitative estimate of drug-likeness (QED) is 0.829. The lowest BCUT2D eigenvalue weighted by molar-refractivity contribution is -0.136. The summed E-state index contributed by atoms with van der Waals surface area (Å²) < 4.78 is 5.34. The van der Waals surface area contributed by atoms with E-state index in [1.165, 1.54) is 0 Å². The first-order valence-corrected chi connectivity index (χ1v) is 4.75. The number of rotatable bonds is 3. The Morgan fingerprint density at radius 1 is 1.25 bits per heavy atom. The Morgan fingerprint density at radius 3 is 2.75 bits per heavy atom. The van der Waals surface area contributed by atoms with E-state index in [-0.39, 0.29) is 12.2 Å². The van der Waals surface area contributed by atoms with Gasteiger partial charge in [-0.15, -0.1) is 0 Å². The van der Waals surface area contributed by atoms with Crippen molar-refractivity contribution in [1.29, 1.82) is 0 Å². The van der Waals surface area contributed by atoms with Crippen molar-refractivity contribution < 1.29 is 19.4 Å². The summed E-state index contributed by atoms with van der Waals surface area (Å²) >= 11 is 0. The first-order chi connectivity index (χ1) is 7.65. The number of furan rings is 1. The number of carboxylic acid groups (broad SMARTS) is 1. The van der Waals surface area contributed by atoms with Crippen LogP contribution in [0.15, 0.2) is 40.8 Å². The molecule has 0 unspecified atom stereocenters. The number of aliphatic carboxylic acids is 1. The standard InChI is InChI=1S/C12H10O4/c13-9-3-1-2-8(6-9)11-5-4-10(16-11)7-12(14)15/h1-6,13H,7H2,(H,14,15). The minimum atomic E-state index is -0.934. The summed E-state index contributed by atoms with van der Waals surface area (Å²) in [5, 5.41) is 17.9. The van der Waals surface area contributed by atoms with Gasteiger partial charge < -0.3 is 14.6 Å². The van der Waals surface area contributed by atoms with E-state index in [0.29, 0.717) is 11.5 Å². The first kappa shape index (κ1) is 10.3. The zero-order chi connectivity index (χ0) is 11.5. The van der Waals surface area contributed by atoms with Crippen LogP contribution in [0.3, 0.4) is 0 Å². The van der Waals surface area contributed by atoms with Crippen LogP contribution >= 0.6 is 0 Å². The van der Waals surface area contributed by atoms with Gasteiger partial charge in [0.25, 0.3) is 0 Å². The van der Waals surface area contributed by atoms with Crippen LogP contribution in [0.4, 0.5) is 0 Å². The number of carbonyl (C=O) groups is 1. The maximum Gasteiger partial charge on any atom is 0.311 e. The molecule has 16 heavy (non-hydrogen) atoms. The van der Waals surface area contributed by atoms with Gasteiger partial charge in [0.15, 0.2) is 0 Å². The Hall–Kier alpha value is -2.23. The third-order valence-electron chi connectivity index (χ3n) is 2.12. The van der Waals surface area contributed by atoms with E-state index in [1.54, 1.807) is 36.4 Å². The van der Waals surface area contributed by atoms with Crippen molar-refractivity contribution in [3.63, 3.8) is 0 Å². The van der Waals surface area contributed by atoms with Crippen molar-refractivity contribution in [3.05, 3.63) is 42.2 Å². The van der Waals surface area contributed by atoms with Crippen LogP contribution < -0.4 is 0 Å². The van der Waals surface area contributed by atoms with Crippen LogP contribution in [0.5, 0.6) is 5.75 Å². The highest BCUT2D eigenvalue weighted by Gasteiger charge is 2.08. The van der Waals surface area contributed by atoms with Gasteiger partial charge >= 0.3 is 5.97 Å². The zero-order valence-corrected chi connectivity index (χ0v) is 8.38. The minimum absolute atomic E-state index is 0.140. The first-order valence-electron chi connectivity index (χ1n) is 4.75. The highest BCUT2D eigenvalue weighted by Crippen LogP contribution is 2.25. The molecule has 0 saturated heterocycles. The minimum Gasteiger partial charge on any atom is -0.508 e. The van der Waals surface area contributed by atoms with E-state index < -0.39 is 5.97 Å². The Morgan fingerprint density at radius 2 is 2.06 bits per heavy atom. The number of hydrogen-bond donors (Lipinski definition) is 2.